The highest BCUT2D eigenvalue weighted by Gasteiger charge is 2.10. The summed E-state index contributed by atoms with van der Waals surface area (Å²) in [4.78, 5) is 21.6. The molecule has 0 saturated carbocycles. The molecular weight excluding hydrogens is 218 g/mol. The van der Waals surface area contributed by atoms with E-state index in [1.165, 1.54) is 0 Å². The van der Waals surface area contributed by atoms with Crippen molar-refractivity contribution < 1.29 is 14.0 Å². The lowest BCUT2D eigenvalue weighted by atomic mass is 10.0. The van der Waals surface area contributed by atoms with Crippen molar-refractivity contribution in [3.05, 3.63) is 47.2 Å². The number of amides is 1. The van der Waals surface area contributed by atoms with Gasteiger partial charge in [-0.2, -0.15) is 0 Å². The number of hydrogen-bond acceptors (Lipinski definition) is 3. The van der Waals surface area contributed by atoms with E-state index in [0.717, 1.165) is 11.1 Å². The topological polar surface area (TPSA) is 73.3 Å². The number of hydrogen-bond donors (Lipinski definition) is 1. The molecule has 2 N–H and O–H groups in total. The van der Waals surface area contributed by atoms with Gasteiger partial charge in [-0.25, -0.2) is 0 Å². The lowest BCUT2D eigenvalue weighted by Crippen LogP contribution is -2.10. The molecule has 0 unspecified atom stereocenters. The van der Waals surface area contributed by atoms with E-state index in [1.54, 1.807) is 30.3 Å². The van der Waals surface area contributed by atoms with E-state index in [9.17, 15) is 9.59 Å². The van der Waals surface area contributed by atoms with Gasteiger partial charge in [0.15, 0.2) is 12.0 Å². The number of carbonyl (C=O) groups excluding carboxylic acids is 2. The minimum atomic E-state index is -0.492. The first-order chi connectivity index (χ1) is 8.11. The maximum atomic E-state index is 11.1. The maximum absolute atomic E-state index is 11.1. The van der Waals surface area contributed by atoms with Gasteiger partial charge in [0, 0.05) is 11.1 Å². The smallest absolute Gasteiger partial charge is 0.248 e. The third-order valence-corrected chi connectivity index (χ3v) is 2.53. The number of aldehydes is 1. The van der Waals surface area contributed by atoms with Crippen LogP contribution in [0.5, 0.6) is 0 Å². The van der Waals surface area contributed by atoms with Gasteiger partial charge in [0.2, 0.25) is 5.91 Å². The fraction of sp³-hybridized carbons (Fsp3) is 0.0769. The first kappa shape index (κ1) is 11.1. The second kappa shape index (κ2) is 4.25. The molecule has 2 aromatic rings. The summed E-state index contributed by atoms with van der Waals surface area (Å²) in [6.07, 6.45) is 0.636. The van der Waals surface area contributed by atoms with Crippen molar-refractivity contribution in [3.8, 4) is 11.3 Å². The summed E-state index contributed by atoms with van der Waals surface area (Å²) in [6, 6.07) is 8.38. The summed E-state index contributed by atoms with van der Waals surface area (Å²) >= 11 is 0. The van der Waals surface area contributed by atoms with Crippen molar-refractivity contribution >= 4 is 12.2 Å². The third-order valence-electron chi connectivity index (χ3n) is 2.53. The van der Waals surface area contributed by atoms with Crippen LogP contribution in [0.3, 0.4) is 0 Å². The van der Waals surface area contributed by atoms with Crippen LogP contribution in [0.4, 0.5) is 0 Å². The van der Waals surface area contributed by atoms with Crippen LogP contribution in [-0.2, 0) is 0 Å². The Labute approximate surface area is 98.0 Å². The van der Waals surface area contributed by atoms with Crippen LogP contribution >= 0.6 is 0 Å². The zero-order valence-corrected chi connectivity index (χ0v) is 9.27. The van der Waals surface area contributed by atoms with Crippen molar-refractivity contribution in [1.29, 1.82) is 0 Å². The Bertz CT molecular complexity index is 584. The van der Waals surface area contributed by atoms with E-state index in [2.05, 4.69) is 0 Å². The molecule has 4 heteroatoms. The van der Waals surface area contributed by atoms with Crippen LogP contribution in [0.15, 0.2) is 34.7 Å². The van der Waals surface area contributed by atoms with E-state index >= 15 is 0 Å². The van der Waals surface area contributed by atoms with Crippen LogP contribution in [0, 0.1) is 6.92 Å². The van der Waals surface area contributed by atoms with Gasteiger partial charge in [0.1, 0.15) is 5.76 Å². The molecule has 17 heavy (non-hydrogen) atoms. The fourth-order valence-corrected chi connectivity index (χ4v) is 1.60. The summed E-state index contributed by atoms with van der Waals surface area (Å²) in [7, 11) is 0. The normalized spacial score (nSPS) is 10.2. The Hall–Kier alpha value is -2.36. The first-order valence-electron chi connectivity index (χ1n) is 5.07. The Kier molecular flexibility index (Phi) is 2.78. The molecule has 0 saturated heterocycles. The van der Waals surface area contributed by atoms with Crippen molar-refractivity contribution in [3.63, 3.8) is 0 Å². The van der Waals surface area contributed by atoms with Crippen molar-refractivity contribution in [2.45, 2.75) is 6.92 Å². The zero-order valence-electron chi connectivity index (χ0n) is 9.27. The molecule has 4 nitrogen and oxygen atoms in total. The Morgan fingerprint density at radius 2 is 2.06 bits per heavy atom. The molecule has 0 spiro atoms. The monoisotopic (exact) mass is 229 g/mol. The van der Waals surface area contributed by atoms with Gasteiger partial charge >= 0.3 is 0 Å². The highest BCUT2D eigenvalue weighted by Crippen LogP contribution is 2.26. The summed E-state index contributed by atoms with van der Waals surface area (Å²) in [6.45, 7) is 1.89. The number of nitrogens with two attached hydrogens (primary N) is 1. The lowest BCUT2D eigenvalue weighted by molar-refractivity contribution is 0.0999. The zero-order chi connectivity index (χ0) is 12.4. The largest absolute Gasteiger partial charge is 0.453 e. The Balaban J connectivity index is 2.53. The quantitative estimate of drug-likeness (QED) is 0.819. The van der Waals surface area contributed by atoms with Gasteiger partial charge in [-0.1, -0.05) is 6.07 Å². The first-order valence-corrected chi connectivity index (χ1v) is 5.07. The van der Waals surface area contributed by atoms with Gasteiger partial charge < -0.3 is 10.2 Å². The number of rotatable bonds is 3. The number of aryl methyl sites for hydroxylation is 1. The molecule has 0 aliphatic rings. The van der Waals surface area contributed by atoms with Crippen LogP contribution in [0.2, 0.25) is 0 Å². The van der Waals surface area contributed by atoms with E-state index in [1.807, 2.05) is 6.92 Å². The van der Waals surface area contributed by atoms with Gasteiger partial charge in [-0.15, -0.1) is 0 Å². The van der Waals surface area contributed by atoms with E-state index < -0.39 is 5.91 Å². The van der Waals surface area contributed by atoms with Gasteiger partial charge in [-0.3, -0.25) is 9.59 Å². The van der Waals surface area contributed by atoms with E-state index in [-0.39, 0.29) is 5.76 Å². The SMILES string of the molecule is Cc1ccc(C(N)=O)cc1-c1ccc(C=O)o1. The molecule has 1 aromatic heterocycles. The second-order valence-electron chi connectivity index (χ2n) is 3.71. The van der Waals surface area contributed by atoms with Crippen molar-refractivity contribution in [2.24, 2.45) is 5.73 Å². The third kappa shape index (κ3) is 2.10. The molecule has 0 fully saturated rings. The summed E-state index contributed by atoms with van der Waals surface area (Å²) < 4.78 is 5.31. The van der Waals surface area contributed by atoms with Crippen molar-refractivity contribution in [1.82, 2.24) is 0 Å². The molecule has 2 rings (SSSR count). The van der Waals surface area contributed by atoms with Crippen LogP contribution < -0.4 is 5.73 Å². The van der Waals surface area contributed by atoms with Crippen molar-refractivity contribution in [2.75, 3.05) is 0 Å². The maximum Gasteiger partial charge on any atom is 0.248 e. The molecule has 1 heterocycles. The molecule has 0 aliphatic heterocycles. The van der Waals surface area contributed by atoms with Crippen LogP contribution in [0.1, 0.15) is 26.5 Å². The highest BCUT2D eigenvalue weighted by atomic mass is 16.3. The lowest BCUT2D eigenvalue weighted by Gasteiger charge is -2.04. The summed E-state index contributed by atoms with van der Waals surface area (Å²) in [5.41, 5.74) is 7.33. The standard InChI is InChI=1S/C13H11NO3/c1-8-2-3-9(13(14)16)6-11(8)12-5-4-10(7-15)17-12/h2-7H,1H3,(H2,14,16). The number of primary amides is 1. The Morgan fingerprint density at radius 3 is 2.65 bits per heavy atom. The van der Waals surface area contributed by atoms with Crippen LogP contribution in [0.25, 0.3) is 11.3 Å². The predicted octanol–water partition coefficient (Wildman–Crippen LogP) is 2.17. The molecule has 0 bridgehead atoms. The molecular formula is C13H11NO3. The Morgan fingerprint density at radius 1 is 1.29 bits per heavy atom. The summed E-state index contributed by atoms with van der Waals surface area (Å²) in [5, 5.41) is 0. The van der Waals surface area contributed by atoms with E-state index in [4.69, 9.17) is 10.2 Å². The number of furan rings is 1. The molecule has 1 amide bonds. The predicted molar refractivity (Wildman–Crippen MR) is 62.8 cm³/mol. The fourth-order valence-electron chi connectivity index (χ4n) is 1.60. The van der Waals surface area contributed by atoms with Crippen LogP contribution in [-0.4, -0.2) is 12.2 Å². The molecule has 86 valence electrons. The minimum Gasteiger partial charge on any atom is -0.453 e. The molecule has 0 atom stereocenters. The minimum absolute atomic E-state index is 0.254. The van der Waals surface area contributed by atoms with Gasteiger partial charge in [-0.05, 0) is 36.8 Å². The van der Waals surface area contributed by atoms with Gasteiger partial charge in [0.05, 0.1) is 0 Å². The average molecular weight is 229 g/mol. The highest BCUT2D eigenvalue weighted by molar-refractivity contribution is 5.94. The van der Waals surface area contributed by atoms with E-state index in [0.29, 0.717) is 17.6 Å². The number of carbonyl (C=O) groups is 2. The molecule has 0 radical (unpaired) electrons. The number of benzene rings is 1. The summed E-state index contributed by atoms with van der Waals surface area (Å²) in [5.74, 6) is 0.310. The molecule has 1 aromatic carbocycles. The second-order valence-corrected chi connectivity index (χ2v) is 3.71. The molecule has 0 aliphatic carbocycles. The van der Waals surface area contributed by atoms with Gasteiger partial charge in [0.25, 0.3) is 0 Å². The average Bonchev–Trinajstić information content (AvgIpc) is 2.77.